The summed E-state index contributed by atoms with van der Waals surface area (Å²) in [6.07, 6.45) is 53.0. The molecule has 1 atom stereocenters. The van der Waals surface area contributed by atoms with Crippen LogP contribution < -0.4 is 0 Å². The molecule has 0 spiro atoms. The average Bonchev–Trinajstić information content (AvgIpc) is 3.17. The number of allylic oxidation sites excluding steroid dienone is 14. The fourth-order valence-corrected chi connectivity index (χ4v) is 5.47. The third-order valence-electron chi connectivity index (χ3n) is 8.66. The van der Waals surface area contributed by atoms with Crippen molar-refractivity contribution in [3.05, 3.63) is 85.1 Å². The Kier molecular flexibility index (Phi) is 39.7. The predicted molar refractivity (Wildman–Crippen MR) is 228 cm³/mol. The Morgan fingerprint density at radius 3 is 1.24 bits per heavy atom. The lowest BCUT2D eigenvalue weighted by Crippen LogP contribution is -2.30. The van der Waals surface area contributed by atoms with E-state index in [4.69, 9.17) is 14.2 Å². The molecule has 0 rings (SSSR count). The van der Waals surface area contributed by atoms with Gasteiger partial charge in [0.15, 0.2) is 6.10 Å². The van der Waals surface area contributed by atoms with Gasteiger partial charge in [0.25, 0.3) is 0 Å². The minimum atomic E-state index is -0.814. The van der Waals surface area contributed by atoms with Crippen LogP contribution in [0.15, 0.2) is 85.1 Å². The molecule has 0 aliphatic rings. The van der Waals surface area contributed by atoms with Gasteiger partial charge in [-0.15, -0.1) is 0 Å². The van der Waals surface area contributed by atoms with Gasteiger partial charge in [-0.25, -0.2) is 0 Å². The van der Waals surface area contributed by atoms with Crippen molar-refractivity contribution in [3.63, 3.8) is 0 Å². The third-order valence-corrected chi connectivity index (χ3v) is 8.66. The van der Waals surface area contributed by atoms with Gasteiger partial charge in [-0.3, -0.25) is 14.4 Å². The van der Waals surface area contributed by atoms with E-state index in [2.05, 4.69) is 93.7 Å². The van der Waals surface area contributed by atoms with E-state index in [1.165, 1.54) is 51.4 Å². The van der Waals surface area contributed by atoms with Gasteiger partial charge in [0, 0.05) is 19.3 Å². The molecule has 0 saturated carbocycles. The van der Waals surface area contributed by atoms with E-state index < -0.39 is 6.10 Å². The molecule has 6 nitrogen and oxygen atoms in total. The van der Waals surface area contributed by atoms with Crippen LogP contribution in [-0.4, -0.2) is 37.2 Å². The van der Waals surface area contributed by atoms with Crippen LogP contribution in [0.2, 0.25) is 0 Å². The molecule has 0 aromatic carbocycles. The first kappa shape index (κ1) is 50.6. The molecular formula is C48H78O6. The summed E-state index contributed by atoms with van der Waals surface area (Å²) < 4.78 is 16.5. The summed E-state index contributed by atoms with van der Waals surface area (Å²) in [5.41, 5.74) is 0. The van der Waals surface area contributed by atoms with Gasteiger partial charge < -0.3 is 14.2 Å². The van der Waals surface area contributed by atoms with Crippen molar-refractivity contribution in [2.24, 2.45) is 0 Å². The molecular weight excluding hydrogens is 673 g/mol. The van der Waals surface area contributed by atoms with Crippen molar-refractivity contribution in [2.45, 2.75) is 187 Å². The Morgan fingerprint density at radius 2 is 0.759 bits per heavy atom. The molecule has 0 aromatic heterocycles. The smallest absolute Gasteiger partial charge is 0.306 e. The number of ether oxygens (including phenoxy) is 3. The Morgan fingerprint density at radius 1 is 0.389 bits per heavy atom. The molecule has 0 saturated heterocycles. The maximum Gasteiger partial charge on any atom is 0.306 e. The van der Waals surface area contributed by atoms with Gasteiger partial charge in [0.2, 0.25) is 0 Å². The molecule has 306 valence electrons. The second kappa shape index (κ2) is 42.3. The zero-order valence-corrected chi connectivity index (χ0v) is 34.7. The van der Waals surface area contributed by atoms with Crippen LogP contribution in [0.25, 0.3) is 0 Å². The summed E-state index contributed by atoms with van der Waals surface area (Å²) in [4.78, 5) is 37.5. The molecule has 0 heterocycles. The first-order chi connectivity index (χ1) is 26.5. The van der Waals surface area contributed by atoms with Crippen LogP contribution in [0, 0.1) is 0 Å². The van der Waals surface area contributed by atoms with Crippen molar-refractivity contribution in [2.75, 3.05) is 13.2 Å². The first-order valence-corrected chi connectivity index (χ1v) is 21.6. The lowest BCUT2D eigenvalue weighted by atomic mass is 10.1. The van der Waals surface area contributed by atoms with E-state index >= 15 is 0 Å². The molecule has 0 amide bonds. The predicted octanol–water partition coefficient (Wildman–Crippen LogP) is 13.7. The second-order valence-corrected chi connectivity index (χ2v) is 13.8. The second-order valence-electron chi connectivity index (χ2n) is 13.8. The van der Waals surface area contributed by atoms with Crippen LogP contribution in [0.4, 0.5) is 0 Å². The minimum Gasteiger partial charge on any atom is -0.462 e. The lowest BCUT2D eigenvalue weighted by Gasteiger charge is -2.18. The van der Waals surface area contributed by atoms with E-state index in [1.807, 2.05) is 12.2 Å². The van der Waals surface area contributed by atoms with Gasteiger partial charge in [0.05, 0.1) is 0 Å². The number of esters is 3. The Hall–Kier alpha value is -3.41. The van der Waals surface area contributed by atoms with Gasteiger partial charge >= 0.3 is 17.9 Å². The lowest BCUT2D eigenvalue weighted by molar-refractivity contribution is -0.166. The fraction of sp³-hybridized carbons (Fsp3) is 0.646. The average molecular weight is 751 g/mol. The van der Waals surface area contributed by atoms with Crippen LogP contribution in [0.3, 0.4) is 0 Å². The summed E-state index contributed by atoms with van der Waals surface area (Å²) in [7, 11) is 0. The number of unbranched alkanes of at least 4 members (excludes halogenated alkanes) is 12. The summed E-state index contributed by atoms with van der Waals surface area (Å²) in [6.45, 7) is 6.26. The maximum absolute atomic E-state index is 12.7. The summed E-state index contributed by atoms with van der Waals surface area (Å²) in [5.74, 6) is -1.05. The standard InChI is InChI=1S/C48H78O6/c1-4-7-10-13-16-19-21-22-23-24-25-27-29-32-35-38-41-47(50)53-44-45(43-52-46(49)40-37-34-31-28-18-15-12-9-6-3)54-48(51)42-39-36-33-30-26-20-17-14-11-8-5-2/h7,9-10,12,16,18-19,22-23,25,27-28,32,35,45H,4-6,8,11,13-15,17,20-21,24,26,29-31,33-34,36-44H2,1-3H3/b10-7-,12-9-,19-16-,23-22-,27-25-,28-18-,35-32-. The molecule has 6 heteroatoms. The number of rotatable bonds is 37. The Labute approximate surface area is 331 Å². The Balaban J connectivity index is 4.51. The first-order valence-electron chi connectivity index (χ1n) is 21.6. The molecule has 1 unspecified atom stereocenters. The molecule has 0 aromatic rings. The van der Waals surface area contributed by atoms with Crippen molar-refractivity contribution in [1.82, 2.24) is 0 Å². The van der Waals surface area contributed by atoms with Gasteiger partial charge in [-0.05, 0) is 77.0 Å². The zero-order chi connectivity index (χ0) is 39.4. The van der Waals surface area contributed by atoms with Crippen molar-refractivity contribution < 1.29 is 28.6 Å². The van der Waals surface area contributed by atoms with E-state index in [0.29, 0.717) is 19.3 Å². The van der Waals surface area contributed by atoms with E-state index in [9.17, 15) is 14.4 Å². The molecule has 0 aliphatic carbocycles. The fourth-order valence-electron chi connectivity index (χ4n) is 5.47. The molecule has 54 heavy (non-hydrogen) atoms. The molecule has 0 aliphatic heterocycles. The van der Waals surface area contributed by atoms with Crippen LogP contribution >= 0.6 is 0 Å². The number of carbonyl (C=O) groups excluding carboxylic acids is 3. The van der Waals surface area contributed by atoms with Crippen LogP contribution in [0.1, 0.15) is 181 Å². The summed E-state index contributed by atoms with van der Waals surface area (Å²) >= 11 is 0. The molecule has 0 fully saturated rings. The largest absolute Gasteiger partial charge is 0.462 e. The van der Waals surface area contributed by atoms with Gasteiger partial charge in [-0.2, -0.15) is 0 Å². The summed E-state index contributed by atoms with van der Waals surface area (Å²) in [6, 6.07) is 0. The maximum atomic E-state index is 12.7. The molecule has 0 bridgehead atoms. The number of hydrogen-bond donors (Lipinski definition) is 0. The topological polar surface area (TPSA) is 78.9 Å². The highest BCUT2D eigenvalue weighted by Crippen LogP contribution is 2.13. The Bertz CT molecular complexity index is 1090. The van der Waals surface area contributed by atoms with Crippen molar-refractivity contribution >= 4 is 17.9 Å². The normalized spacial score (nSPS) is 12.9. The number of hydrogen-bond acceptors (Lipinski definition) is 6. The van der Waals surface area contributed by atoms with E-state index in [-0.39, 0.29) is 37.5 Å². The van der Waals surface area contributed by atoms with Gasteiger partial charge in [-0.1, -0.05) is 170 Å². The highest BCUT2D eigenvalue weighted by Gasteiger charge is 2.19. The van der Waals surface area contributed by atoms with Gasteiger partial charge in [0.1, 0.15) is 13.2 Å². The van der Waals surface area contributed by atoms with E-state index in [0.717, 1.165) is 83.5 Å². The minimum absolute atomic E-state index is 0.117. The molecule has 0 radical (unpaired) electrons. The van der Waals surface area contributed by atoms with E-state index in [1.54, 1.807) is 0 Å². The van der Waals surface area contributed by atoms with Crippen molar-refractivity contribution in [3.8, 4) is 0 Å². The highest BCUT2D eigenvalue weighted by molar-refractivity contribution is 5.71. The monoisotopic (exact) mass is 751 g/mol. The highest BCUT2D eigenvalue weighted by atomic mass is 16.6. The number of carbonyl (C=O) groups is 3. The summed E-state index contributed by atoms with van der Waals surface area (Å²) in [5, 5.41) is 0. The zero-order valence-electron chi connectivity index (χ0n) is 34.7. The van der Waals surface area contributed by atoms with Crippen LogP contribution in [0.5, 0.6) is 0 Å². The quantitative estimate of drug-likeness (QED) is 0.0272. The molecule has 0 N–H and O–H groups in total. The SMILES string of the molecule is CC/C=C\C/C=C\C/C=C\C/C=C\C/C=C\CCC(=O)OCC(COC(=O)CCCC/C=C\C/C=C\CC)OC(=O)CCCCCCCCCCCCC. The third kappa shape index (κ3) is 39.8. The van der Waals surface area contributed by atoms with Crippen molar-refractivity contribution in [1.29, 1.82) is 0 Å². The van der Waals surface area contributed by atoms with Crippen LogP contribution in [-0.2, 0) is 28.6 Å².